The van der Waals surface area contributed by atoms with Gasteiger partial charge in [-0.2, -0.15) is 0 Å². The van der Waals surface area contributed by atoms with E-state index in [1.165, 1.54) is 13.8 Å². The maximum absolute atomic E-state index is 12.6. The van der Waals surface area contributed by atoms with Crippen molar-refractivity contribution in [1.82, 2.24) is 0 Å². The minimum Gasteiger partial charge on any atom is -0.466 e. The van der Waals surface area contributed by atoms with Gasteiger partial charge in [0.15, 0.2) is 0 Å². The molecule has 0 aromatic rings. The SMILES string of the molecule is CC(=O)OCCC1CC[C@@H](OC(C)=O)[C@](C)(CCCC(C)C(=O)CC(C)(O)C(C)C)OC1. The second-order valence-corrected chi connectivity index (χ2v) is 10.2. The average Bonchev–Trinajstić information content (AvgIpc) is 2.81. The quantitative estimate of drug-likeness (QED) is 0.439. The number of ketones is 1. The van der Waals surface area contributed by atoms with E-state index in [4.69, 9.17) is 14.2 Å². The summed E-state index contributed by atoms with van der Waals surface area (Å²) in [7, 11) is 0. The number of carbonyl (C=O) groups excluding carboxylic acids is 3. The maximum Gasteiger partial charge on any atom is 0.303 e. The monoisotopic (exact) mass is 456 g/mol. The van der Waals surface area contributed by atoms with Crippen molar-refractivity contribution in [2.24, 2.45) is 17.8 Å². The minimum absolute atomic E-state index is 0.00947. The summed E-state index contributed by atoms with van der Waals surface area (Å²) in [6.07, 6.45) is 4.13. The van der Waals surface area contributed by atoms with Crippen LogP contribution in [0, 0.1) is 17.8 Å². The fourth-order valence-corrected chi connectivity index (χ4v) is 4.04. The van der Waals surface area contributed by atoms with Gasteiger partial charge in [-0.1, -0.05) is 20.8 Å². The van der Waals surface area contributed by atoms with Gasteiger partial charge in [0.1, 0.15) is 17.5 Å². The van der Waals surface area contributed by atoms with Gasteiger partial charge in [0.2, 0.25) is 0 Å². The van der Waals surface area contributed by atoms with Gasteiger partial charge < -0.3 is 19.3 Å². The molecule has 5 atom stereocenters. The highest BCUT2D eigenvalue weighted by molar-refractivity contribution is 5.81. The molecule has 3 unspecified atom stereocenters. The molecule has 1 N–H and O–H groups in total. The molecule has 0 aromatic heterocycles. The number of aliphatic hydroxyl groups is 1. The van der Waals surface area contributed by atoms with Crippen molar-refractivity contribution in [2.45, 2.75) is 111 Å². The molecule has 1 heterocycles. The van der Waals surface area contributed by atoms with Crippen LogP contribution in [0.5, 0.6) is 0 Å². The molecule has 1 aliphatic heterocycles. The van der Waals surface area contributed by atoms with Gasteiger partial charge in [-0.05, 0) is 64.2 Å². The Morgan fingerprint density at radius 3 is 2.38 bits per heavy atom. The highest BCUT2D eigenvalue weighted by Gasteiger charge is 2.40. The lowest BCUT2D eigenvalue weighted by Gasteiger charge is -2.36. The van der Waals surface area contributed by atoms with E-state index in [9.17, 15) is 19.5 Å². The maximum atomic E-state index is 12.6. The Hall–Kier alpha value is -1.47. The Balaban J connectivity index is 2.67. The van der Waals surface area contributed by atoms with Gasteiger partial charge in [0, 0.05) is 26.2 Å². The summed E-state index contributed by atoms with van der Waals surface area (Å²) in [6, 6.07) is 0. The van der Waals surface area contributed by atoms with Crippen molar-refractivity contribution in [3.63, 3.8) is 0 Å². The molecule has 0 spiro atoms. The molecule has 186 valence electrons. The smallest absolute Gasteiger partial charge is 0.303 e. The topological polar surface area (TPSA) is 99.1 Å². The summed E-state index contributed by atoms with van der Waals surface area (Å²) in [4.78, 5) is 35.3. The van der Waals surface area contributed by atoms with Crippen molar-refractivity contribution < 1.29 is 33.7 Å². The van der Waals surface area contributed by atoms with E-state index in [2.05, 4.69) is 0 Å². The van der Waals surface area contributed by atoms with E-state index in [0.29, 0.717) is 38.9 Å². The number of hydrogen-bond acceptors (Lipinski definition) is 7. The van der Waals surface area contributed by atoms with E-state index < -0.39 is 11.2 Å². The number of rotatable bonds is 12. The van der Waals surface area contributed by atoms with E-state index in [1.54, 1.807) is 6.92 Å². The Morgan fingerprint density at radius 1 is 1.16 bits per heavy atom. The lowest BCUT2D eigenvalue weighted by atomic mass is 9.82. The first-order valence-corrected chi connectivity index (χ1v) is 12.0. The number of esters is 2. The summed E-state index contributed by atoms with van der Waals surface area (Å²) in [5, 5.41) is 10.4. The van der Waals surface area contributed by atoms with Crippen LogP contribution in [0.1, 0.15) is 93.4 Å². The molecule has 0 bridgehead atoms. The largest absolute Gasteiger partial charge is 0.466 e. The number of hydrogen-bond donors (Lipinski definition) is 1. The van der Waals surface area contributed by atoms with E-state index in [-0.39, 0.29) is 48.0 Å². The van der Waals surface area contributed by atoms with Gasteiger partial charge >= 0.3 is 11.9 Å². The van der Waals surface area contributed by atoms with E-state index in [0.717, 1.165) is 12.8 Å². The Labute approximate surface area is 193 Å². The standard InChI is InChI=1S/C25H44O7/c1-17(2)24(6,29)15-22(28)18(3)9-8-13-25(7)23(32-20(5)27)11-10-21(16-31-25)12-14-30-19(4)26/h17-18,21,23,29H,8-16H2,1-7H3/t18?,21?,23-,24?,25+/m1/s1. The van der Waals surface area contributed by atoms with Crippen LogP contribution in [0.15, 0.2) is 0 Å². The summed E-state index contributed by atoms with van der Waals surface area (Å²) < 4.78 is 17.0. The zero-order valence-electron chi connectivity index (χ0n) is 21.1. The number of Topliss-reactive ketones (excluding diaryl/α,β-unsaturated/α-hetero) is 1. The van der Waals surface area contributed by atoms with Crippen molar-refractivity contribution >= 4 is 17.7 Å². The summed E-state index contributed by atoms with van der Waals surface area (Å²) in [5.74, 6) is -0.470. The molecule has 1 saturated heterocycles. The molecule has 0 saturated carbocycles. The molecule has 0 amide bonds. The van der Waals surface area contributed by atoms with Gasteiger partial charge in [-0.25, -0.2) is 0 Å². The van der Waals surface area contributed by atoms with E-state index >= 15 is 0 Å². The summed E-state index contributed by atoms with van der Waals surface area (Å²) >= 11 is 0. The Bertz CT molecular complexity index is 628. The van der Waals surface area contributed by atoms with Gasteiger partial charge in [-0.15, -0.1) is 0 Å². The minimum atomic E-state index is -0.997. The first-order valence-electron chi connectivity index (χ1n) is 12.0. The summed E-state index contributed by atoms with van der Waals surface area (Å²) in [6.45, 7) is 13.1. The molecule has 1 fully saturated rings. The van der Waals surface area contributed by atoms with Crippen LogP contribution in [0.3, 0.4) is 0 Å². The van der Waals surface area contributed by atoms with Crippen LogP contribution in [0.2, 0.25) is 0 Å². The van der Waals surface area contributed by atoms with Crippen molar-refractivity contribution in [3.8, 4) is 0 Å². The third-order valence-electron chi connectivity index (χ3n) is 6.94. The lowest BCUT2D eigenvalue weighted by molar-refractivity contribution is -0.169. The number of ether oxygens (including phenoxy) is 3. The molecule has 7 heteroatoms. The second-order valence-electron chi connectivity index (χ2n) is 10.2. The highest BCUT2D eigenvalue weighted by Crippen LogP contribution is 2.35. The number of carbonyl (C=O) groups is 3. The van der Waals surface area contributed by atoms with Crippen LogP contribution in [0.25, 0.3) is 0 Å². The van der Waals surface area contributed by atoms with Crippen molar-refractivity contribution in [3.05, 3.63) is 0 Å². The van der Waals surface area contributed by atoms with Crippen LogP contribution in [0.4, 0.5) is 0 Å². The van der Waals surface area contributed by atoms with Gasteiger partial charge in [0.25, 0.3) is 0 Å². The lowest BCUT2D eigenvalue weighted by Crippen LogP contribution is -2.44. The first kappa shape index (κ1) is 28.6. The van der Waals surface area contributed by atoms with Gasteiger partial charge in [-0.3, -0.25) is 14.4 Å². The molecule has 32 heavy (non-hydrogen) atoms. The van der Waals surface area contributed by atoms with Crippen LogP contribution in [-0.2, 0) is 28.6 Å². The fraction of sp³-hybridized carbons (Fsp3) is 0.880. The Morgan fingerprint density at radius 2 is 1.81 bits per heavy atom. The second kappa shape index (κ2) is 12.7. The Kier molecular flexibility index (Phi) is 11.3. The molecule has 0 aliphatic carbocycles. The summed E-state index contributed by atoms with van der Waals surface area (Å²) in [5.41, 5.74) is -1.63. The highest BCUT2D eigenvalue weighted by atomic mass is 16.6. The first-order chi connectivity index (χ1) is 14.8. The molecule has 7 nitrogen and oxygen atoms in total. The normalized spacial score (nSPS) is 26.7. The molecule has 0 aromatic carbocycles. The molecular weight excluding hydrogens is 412 g/mol. The van der Waals surface area contributed by atoms with E-state index in [1.807, 2.05) is 27.7 Å². The average molecular weight is 457 g/mol. The molecule has 1 rings (SSSR count). The predicted molar refractivity (Wildman–Crippen MR) is 122 cm³/mol. The third kappa shape index (κ3) is 9.57. The predicted octanol–water partition coefficient (Wildman–Crippen LogP) is 4.23. The van der Waals surface area contributed by atoms with Crippen LogP contribution in [-0.4, -0.2) is 53.3 Å². The van der Waals surface area contributed by atoms with Crippen LogP contribution >= 0.6 is 0 Å². The van der Waals surface area contributed by atoms with Crippen molar-refractivity contribution in [2.75, 3.05) is 13.2 Å². The van der Waals surface area contributed by atoms with Crippen LogP contribution < -0.4 is 0 Å². The fourth-order valence-electron chi connectivity index (χ4n) is 4.04. The van der Waals surface area contributed by atoms with Crippen molar-refractivity contribution in [1.29, 1.82) is 0 Å². The molecule has 1 aliphatic rings. The van der Waals surface area contributed by atoms with Gasteiger partial charge in [0.05, 0.1) is 18.8 Å². The zero-order chi connectivity index (χ0) is 24.5. The zero-order valence-corrected chi connectivity index (χ0v) is 21.1. The molecular formula is C25H44O7. The molecule has 0 radical (unpaired) electrons. The third-order valence-corrected chi connectivity index (χ3v) is 6.94.